The molecule has 1 aliphatic carbocycles. The summed E-state index contributed by atoms with van der Waals surface area (Å²) in [7, 11) is 1.65. The molecule has 1 fully saturated rings. The minimum atomic E-state index is -0.0515. The number of benzene rings is 2. The van der Waals surface area contributed by atoms with Crippen LogP contribution in [0.15, 0.2) is 59.4 Å². The van der Waals surface area contributed by atoms with Crippen LogP contribution < -0.4 is 10.3 Å². The molecule has 2 heterocycles. The van der Waals surface area contributed by atoms with Crippen LogP contribution in [-0.4, -0.2) is 43.2 Å². The normalized spacial score (nSPS) is 15.2. The van der Waals surface area contributed by atoms with Gasteiger partial charge < -0.3 is 9.72 Å². The highest BCUT2D eigenvalue weighted by Gasteiger charge is 2.32. The summed E-state index contributed by atoms with van der Waals surface area (Å²) < 4.78 is 7.30. The number of pyridine rings is 1. The molecule has 0 aliphatic heterocycles. The van der Waals surface area contributed by atoms with E-state index in [0.29, 0.717) is 19.1 Å². The van der Waals surface area contributed by atoms with Crippen LogP contribution in [0.4, 0.5) is 0 Å². The topological polar surface area (TPSA) is 88.9 Å². The summed E-state index contributed by atoms with van der Waals surface area (Å²) in [4.78, 5) is 18.6. The number of ether oxygens (including phenoxy) is 1. The molecule has 182 valence electrons. The van der Waals surface area contributed by atoms with Gasteiger partial charge >= 0.3 is 0 Å². The SMILES string of the molecule is CC[C@H](c1nnnn1Cc1ccccc1)N(Cc1cc2cc(OC)ccc2[nH]c1=O)C1CCCC1. The molecular formula is C27H32N6O2. The lowest BCUT2D eigenvalue weighted by molar-refractivity contribution is 0.112. The molecule has 0 radical (unpaired) electrons. The Morgan fingerprint density at radius 2 is 1.94 bits per heavy atom. The molecule has 0 spiro atoms. The Labute approximate surface area is 204 Å². The van der Waals surface area contributed by atoms with Crippen LogP contribution in [-0.2, 0) is 13.1 Å². The number of aromatic nitrogens is 5. The molecule has 2 aromatic heterocycles. The van der Waals surface area contributed by atoms with E-state index in [-0.39, 0.29) is 11.6 Å². The zero-order chi connectivity index (χ0) is 24.2. The first-order valence-electron chi connectivity index (χ1n) is 12.4. The van der Waals surface area contributed by atoms with Crippen molar-refractivity contribution in [2.24, 2.45) is 0 Å². The van der Waals surface area contributed by atoms with Crippen LogP contribution in [0.3, 0.4) is 0 Å². The van der Waals surface area contributed by atoms with Crippen molar-refractivity contribution in [1.29, 1.82) is 0 Å². The summed E-state index contributed by atoms with van der Waals surface area (Å²) in [5.41, 5.74) is 2.66. The van der Waals surface area contributed by atoms with E-state index in [2.05, 4.69) is 44.5 Å². The monoisotopic (exact) mass is 472 g/mol. The summed E-state index contributed by atoms with van der Waals surface area (Å²) in [5.74, 6) is 1.62. The molecule has 0 saturated heterocycles. The molecule has 0 bridgehead atoms. The Hall–Kier alpha value is -3.52. The molecule has 5 rings (SSSR count). The van der Waals surface area contributed by atoms with Crippen molar-refractivity contribution >= 4 is 10.9 Å². The molecule has 0 unspecified atom stereocenters. The largest absolute Gasteiger partial charge is 0.497 e. The third kappa shape index (κ3) is 4.98. The summed E-state index contributed by atoms with van der Waals surface area (Å²) >= 11 is 0. The number of rotatable bonds is 9. The quantitative estimate of drug-likeness (QED) is 0.387. The van der Waals surface area contributed by atoms with Gasteiger partial charge in [-0.25, -0.2) is 4.68 Å². The van der Waals surface area contributed by atoms with Crippen LogP contribution in [0, 0.1) is 0 Å². The van der Waals surface area contributed by atoms with Crippen molar-refractivity contribution in [1.82, 2.24) is 30.1 Å². The van der Waals surface area contributed by atoms with E-state index in [1.807, 2.05) is 47.1 Å². The van der Waals surface area contributed by atoms with Crippen molar-refractivity contribution in [3.63, 3.8) is 0 Å². The minimum Gasteiger partial charge on any atom is -0.497 e. The molecule has 1 saturated carbocycles. The minimum absolute atomic E-state index is 0.0113. The predicted molar refractivity (Wildman–Crippen MR) is 135 cm³/mol. The zero-order valence-corrected chi connectivity index (χ0v) is 20.4. The van der Waals surface area contributed by atoms with Gasteiger partial charge in [-0.15, -0.1) is 5.10 Å². The van der Waals surface area contributed by atoms with Crippen LogP contribution in [0.1, 0.15) is 62.0 Å². The molecule has 0 amide bonds. The number of H-pyrrole nitrogens is 1. The van der Waals surface area contributed by atoms with E-state index >= 15 is 0 Å². The van der Waals surface area contributed by atoms with Gasteiger partial charge in [-0.2, -0.15) is 0 Å². The van der Waals surface area contributed by atoms with Crippen molar-refractivity contribution in [2.75, 3.05) is 7.11 Å². The number of fused-ring (bicyclic) bond motifs is 1. The molecule has 1 N–H and O–H groups in total. The molecule has 1 atom stereocenters. The number of methoxy groups -OCH3 is 1. The van der Waals surface area contributed by atoms with Gasteiger partial charge in [-0.05, 0) is 59.5 Å². The van der Waals surface area contributed by atoms with Crippen molar-refractivity contribution in [2.45, 2.75) is 64.2 Å². The van der Waals surface area contributed by atoms with Crippen molar-refractivity contribution in [3.05, 3.63) is 81.9 Å². The maximum atomic E-state index is 13.1. The molecule has 8 nitrogen and oxygen atoms in total. The van der Waals surface area contributed by atoms with Crippen LogP contribution in [0.25, 0.3) is 10.9 Å². The molecule has 8 heteroatoms. The fraction of sp³-hybridized carbons (Fsp3) is 0.407. The first-order chi connectivity index (χ1) is 17.2. The summed E-state index contributed by atoms with van der Waals surface area (Å²) in [6, 6.07) is 18.4. The van der Waals surface area contributed by atoms with Crippen LogP contribution in [0.2, 0.25) is 0 Å². The number of tetrazole rings is 1. The lowest BCUT2D eigenvalue weighted by atomic mass is 10.0. The Morgan fingerprint density at radius 1 is 1.14 bits per heavy atom. The molecule has 1 aliphatic rings. The summed E-state index contributed by atoms with van der Waals surface area (Å²) in [6.07, 6.45) is 5.51. The van der Waals surface area contributed by atoms with Gasteiger partial charge in [0.25, 0.3) is 5.56 Å². The standard InChI is InChI=1S/C27H32N6O2/c1-3-25(26-29-30-31-33(26)17-19-9-5-4-6-10-19)32(22-11-7-8-12-22)18-21-15-20-16-23(35-2)13-14-24(20)28-27(21)34/h4-6,9-10,13-16,22,25H,3,7-8,11-12,17-18H2,1-2H3,(H,28,34)/t25-/m1/s1. The fourth-order valence-corrected chi connectivity index (χ4v) is 5.29. The van der Waals surface area contributed by atoms with E-state index in [1.54, 1.807) is 7.11 Å². The van der Waals surface area contributed by atoms with Crippen molar-refractivity contribution in [3.8, 4) is 5.75 Å². The number of aromatic amines is 1. The van der Waals surface area contributed by atoms with Gasteiger partial charge in [-0.1, -0.05) is 50.1 Å². The highest BCUT2D eigenvalue weighted by Crippen LogP contribution is 2.34. The zero-order valence-electron chi connectivity index (χ0n) is 20.4. The maximum absolute atomic E-state index is 13.1. The predicted octanol–water partition coefficient (Wildman–Crippen LogP) is 4.47. The lowest BCUT2D eigenvalue weighted by Gasteiger charge is -2.35. The smallest absolute Gasteiger partial charge is 0.252 e. The van der Waals surface area contributed by atoms with Crippen LogP contribution >= 0.6 is 0 Å². The lowest BCUT2D eigenvalue weighted by Crippen LogP contribution is -2.39. The average Bonchev–Trinajstić information content (AvgIpc) is 3.57. The number of nitrogens with zero attached hydrogens (tertiary/aromatic N) is 5. The van der Waals surface area contributed by atoms with E-state index < -0.39 is 0 Å². The second-order valence-corrected chi connectivity index (χ2v) is 9.29. The summed E-state index contributed by atoms with van der Waals surface area (Å²) in [6.45, 7) is 3.34. The van der Waals surface area contributed by atoms with Gasteiger partial charge in [0.1, 0.15) is 5.75 Å². The molecule has 2 aromatic carbocycles. The molecule has 35 heavy (non-hydrogen) atoms. The van der Waals surface area contributed by atoms with Gasteiger partial charge in [0.2, 0.25) is 0 Å². The first kappa shape index (κ1) is 23.2. The first-order valence-corrected chi connectivity index (χ1v) is 12.4. The Balaban J connectivity index is 1.50. The molecule has 4 aromatic rings. The third-order valence-corrected chi connectivity index (χ3v) is 7.09. The Morgan fingerprint density at radius 3 is 2.69 bits per heavy atom. The van der Waals surface area contributed by atoms with E-state index in [0.717, 1.165) is 52.9 Å². The second kappa shape index (κ2) is 10.4. The summed E-state index contributed by atoms with van der Waals surface area (Å²) in [5, 5.41) is 13.8. The van der Waals surface area contributed by atoms with E-state index in [9.17, 15) is 4.79 Å². The average molecular weight is 473 g/mol. The fourth-order valence-electron chi connectivity index (χ4n) is 5.29. The maximum Gasteiger partial charge on any atom is 0.252 e. The van der Waals surface area contributed by atoms with Gasteiger partial charge in [-0.3, -0.25) is 9.69 Å². The number of nitrogens with one attached hydrogen (secondary N) is 1. The molecular weight excluding hydrogens is 440 g/mol. The number of hydrogen-bond acceptors (Lipinski definition) is 6. The van der Waals surface area contributed by atoms with E-state index in [1.165, 1.54) is 12.8 Å². The van der Waals surface area contributed by atoms with Crippen molar-refractivity contribution < 1.29 is 4.74 Å². The van der Waals surface area contributed by atoms with Gasteiger partial charge in [0.05, 0.1) is 19.7 Å². The third-order valence-electron chi connectivity index (χ3n) is 7.09. The Bertz CT molecular complexity index is 1330. The van der Waals surface area contributed by atoms with Gasteiger partial charge in [0.15, 0.2) is 5.82 Å². The van der Waals surface area contributed by atoms with E-state index in [4.69, 9.17) is 4.74 Å². The highest BCUT2D eigenvalue weighted by atomic mass is 16.5. The highest BCUT2D eigenvalue weighted by molar-refractivity contribution is 5.80. The Kier molecular flexibility index (Phi) is 6.90. The second-order valence-electron chi connectivity index (χ2n) is 9.29. The van der Waals surface area contributed by atoms with Gasteiger partial charge in [0, 0.05) is 29.1 Å². The van der Waals surface area contributed by atoms with Crippen LogP contribution in [0.5, 0.6) is 5.75 Å². The number of hydrogen-bond donors (Lipinski definition) is 1.